The zero-order chi connectivity index (χ0) is 14.5. The Kier molecular flexibility index (Phi) is 4.10. The number of hydrogen-bond acceptors (Lipinski definition) is 4. The fraction of sp³-hybridized carbons (Fsp3) is 0.133. The molecule has 5 heteroatoms. The van der Waals surface area contributed by atoms with Crippen molar-refractivity contribution >= 4 is 12.2 Å². The molecule has 0 radical (unpaired) electrons. The number of methoxy groups -OCH3 is 2. The van der Waals surface area contributed by atoms with Gasteiger partial charge in [-0.15, -0.1) is 0 Å². The number of aromatic hydroxyl groups is 1. The minimum atomic E-state index is -0.424. The summed E-state index contributed by atoms with van der Waals surface area (Å²) in [5.41, 5.74) is 1.04. The summed E-state index contributed by atoms with van der Waals surface area (Å²) in [6, 6.07) is 6.79. The first-order valence-corrected chi connectivity index (χ1v) is 5.95. The number of H-pyrrole nitrogens is 1. The third-order valence-corrected chi connectivity index (χ3v) is 2.74. The molecule has 20 heavy (non-hydrogen) atoms. The quantitative estimate of drug-likeness (QED) is 0.896. The lowest BCUT2D eigenvalue weighted by Crippen LogP contribution is -1.99. The zero-order valence-electron chi connectivity index (χ0n) is 11.2. The van der Waals surface area contributed by atoms with Gasteiger partial charge >= 0.3 is 0 Å². The first-order valence-electron chi connectivity index (χ1n) is 5.95. The molecule has 0 aliphatic carbocycles. The molecule has 2 rings (SSSR count). The maximum absolute atomic E-state index is 11.3. The van der Waals surface area contributed by atoms with Gasteiger partial charge in [-0.05, 0) is 23.8 Å². The highest BCUT2D eigenvalue weighted by Crippen LogP contribution is 2.23. The molecule has 0 spiro atoms. The zero-order valence-corrected chi connectivity index (χ0v) is 11.2. The molecule has 1 heterocycles. The Morgan fingerprint density at radius 1 is 1.05 bits per heavy atom. The monoisotopic (exact) mass is 273 g/mol. The number of aromatic nitrogens is 1. The minimum absolute atomic E-state index is 0.301. The highest BCUT2D eigenvalue weighted by atomic mass is 16.5. The van der Waals surface area contributed by atoms with Crippen LogP contribution < -0.4 is 14.9 Å². The number of nitrogens with one attached hydrogen (secondary N) is 1. The van der Waals surface area contributed by atoms with Gasteiger partial charge in [0.15, 0.2) is 5.75 Å². The van der Waals surface area contributed by atoms with Crippen LogP contribution in [0.25, 0.3) is 12.2 Å². The highest BCUT2D eigenvalue weighted by Gasteiger charge is 2.00. The average molecular weight is 273 g/mol. The second-order valence-electron chi connectivity index (χ2n) is 4.12. The topological polar surface area (TPSA) is 71.5 Å². The summed E-state index contributed by atoms with van der Waals surface area (Å²) in [5, 5.41) is 9.16. The van der Waals surface area contributed by atoms with Crippen LogP contribution in [-0.2, 0) is 0 Å². The van der Waals surface area contributed by atoms with Gasteiger partial charge in [-0.1, -0.05) is 6.08 Å². The summed E-state index contributed by atoms with van der Waals surface area (Å²) in [6.45, 7) is 0. The van der Waals surface area contributed by atoms with Crippen molar-refractivity contribution in [1.29, 1.82) is 0 Å². The van der Waals surface area contributed by atoms with Gasteiger partial charge in [-0.3, -0.25) is 4.79 Å². The second kappa shape index (κ2) is 5.97. The molecule has 5 nitrogen and oxygen atoms in total. The van der Waals surface area contributed by atoms with E-state index in [1.54, 1.807) is 26.4 Å². The fourth-order valence-corrected chi connectivity index (χ4v) is 1.69. The molecule has 0 aliphatic heterocycles. The Morgan fingerprint density at radius 2 is 1.70 bits per heavy atom. The smallest absolute Gasteiger partial charge is 0.223 e. The van der Waals surface area contributed by atoms with Gasteiger partial charge < -0.3 is 19.6 Å². The number of hydrogen-bond donors (Lipinski definition) is 2. The Hall–Kier alpha value is -2.69. The molecule has 2 aromatic rings. The molecular formula is C15H15NO4. The first-order chi connectivity index (χ1) is 9.62. The maximum atomic E-state index is 11.3. The van der Waals surface area contributed by atoms with E-state index in [1.807, 2.05) is 18.2 Å². The van der Waals surface area contributed by atoms with Crippen LogP contribution >= 0.6 is 0 Å². The van der Waals surface area contributed by atoms with Crippen LogP contribution in [-0.4, -0.2) is 24.3 Å². The van der Waals surface area contributed by atoms with Gasteiger partial charge in [-0.25, -0.2) is 0 Å². The predicted molar refractivity (Wildman–Crippen MR) is 77.2 cm³/mol. The molecular weight excluding hydrogens is 258 g/mol. The maximum Gasteiger partial charge on any atom is 0.223 e. The Morgan fingerprint density at radius 3 is 2.25 bits per heavy atom. The summed E-state index contributed by atoms with van der Waals surface area (Å²) >= 11 is 0. The predicted octanol–water partition coefficient (Wildman–Crippen LogP) is 2.27. The van der Waals surface area contributed by atoms with E-state index >= 15 is 0 Å². The van der Waals surface area contributed by atoms with Crippen LogP contribution in [0.1, 0.15) is 11.3 Å². The van der Waals surface area contributed by atoms with Crippen molar-refractivity contribution in [2.24, 2.45) is 0 Å². The summed E-state index contributed by atoms with van der Waals surface area (Å²) in [7, 11) is 3.17. The molecule has 0 saturated carbocycles. The van der Waals surface area contributed by atoms with Crippen LogP contribution in [0.3, 0.4) is 0 Å². The van der Waals surface area contributed by atoms with Crippen LogP contribution in [0.2, 0.25) is 0 Å². The van der Waals surface area contributed by atoms with E-state index in [4.69, 9.17) is 14.6 Å². The number of rotatable bonds is 4. The Balaban J connectivity index is 2.30. The standard InChI is InChI=1S/C15H15NO4/c1-19-12-5-10(6-13(8-12)20-2)3-4-11-7-14(17)15(18)9-16-11/h3-9,18H,1-2H3,(H,16,17)/b4-3+. The van der Waals surface area contributed by atoms with Crippen LogP contribution in [0.4, 0.5) is 0 Å². The van der Waals surface area contributed by atoms with Crippen molar-refractivity contribution in [2.75, 3.05) is 14.2 Å². The van der Waals surface area contributed by atoms with Crippen molar-refractivity contribution in [3.05, 3.63) is 51.9 Å². The average Bonchev–Trinajstić information content (AvgIpc) is 2.48. The van der Waals surface area contributed by atoms with Gasteiger partial charge in [0.2, 0.25) is 5.43 Å². The molecule has 0 atom stereocenters. The molecule has 1 aromatic heterocycles. The van der Waals surface area contributed by atoms with Crippen molar-refractivity contribution in [1.82, 2.24) is 4.98 Å². The third kappa shape index (κ3) is 3.20. The van der Waals surface area contributed by atoms with Gasteiger partial charge in [-0.2, -0.15) is 0 Å². The van der Waals surface area contributed by atoms with Crippen molar-refractivity contribution in [3.8, 4) is 17.2 Å². The number of ether oxygens (including phenoxy) is 2. The summed E-state index contributed by atoms with van der Waals surface area (Å²) in [5.74, 6) is 1.07. The first kappa shape index (κ1) is 13.7. The third-order valence-electron chi connectivity index (χ3n) is 2.74. The molecule has 104 valence electrons. The Labute approximate surface area is 116 Å². The Bertz CT molecular complexity index is 666. The number of aromatic amines is 1. The molecule has 1 aromatic carbocycles. The molecule has 0 bridgehead atoms. The largest absolute Gasteiger partial charge is 0.503 e. The molecule has 0 saturated heterocycles. The lowest BCUT2D eigenvalue weighted by Gasteiger charge is -2.05. The fourth-order valence-electron chi connectivity index (χ4n) is 1.69. The van der Waals surface area contributed by atoms with Crippen molar-refractivity contribution in [2.45, 2.75) is 0 Å². The lowest BCUT2D eigenvalue weighted by molar-refractivity contribution is 0.394. The van der Waals surface area contributed by atoms with E-state index < -0.39 is 5.43 Å². The number of benzene rings is 1. The van der Waals surface area contributed by atoms with Crippen LogP contribution in [0.15, 0.2) is 35.3 Å². The van der Waals surface area contributed by atoms with E-state index in [0.29, 0.717) is 17.2 Å². The SMILES string of the molecule is COc1cc(/C=C/c2cc(=O)c(O)c[nH]2)cc(OC)c1. The minimum Gasteiger partial charge on any atom is -0.503 e. The lowest BCUT2D eigenvalue weighted by atomic mass is 10.1. The molecule has 0 amide bonds. The van der Waals surface area contributed by atoms with Gasteiger partial charge in [0, 0.05) is 24.0 Å². The van der Waals surface area contributed by atoms with Crippen molar-refractivity contribution < 1.29 is 14.6 Å². The van der Waals surface area contributed by atoms with E-state index in [2.05, 4.69) is 4.98 Å². The van der Waals surface area contributed by atoms with Crippen LogP contribution in [0.5, 0.6) is 17.2 Å². The summed E-state index contributed by atoms with van der Waals surface area (Å²) in [6.07, 6.45) is 4.80. The molecule has 0 fully saturated rings. The molecule has 2 N–H and O–H groups in total. The number of pyridine rings is 1. The molecule has 0 unspecified atom stereocenters. The van der Waals surface area contributed by atoms with E-state index in [0.717, 1.165) is 5.56 Å². The van der Waals surface area contributed by atoms with E-state index in [9.17, 15) is 4.79 Å². The second-order valence-corrected chi connectivity index (χ2v) is 4.12. The van der Waals surface area contributed by atoms with Gasteiger partial charge in [0.25, 0.3) is 0 Å². The summed E-state index contributed by atoms with van der Waals surface area (Å²) in [4.78, 5) is 14.1. The van der Waals surface area contributed by atoms with E-state index in [1.165, 1.54) is 12.3 Å². The normalized spacial score (nSPS) is 10.7. The van der Waals surface area contributed by atoms with Crippen LogP contribution in [0, 0.1) is 0 Å². The van der Waals surface area contributed by atoms with E-state index in [-0.39, 0.29) is 5.75 Å². The van der Waals surface area contributed by atoms with Gasteiger partial charge in [0.1, 0.15) is 11.5 Å². The van der Waals surface area contributed by atoms with Crippen molar-refractivity contribution in [3.63, 3.8) is 0 Å². The summed E-state index contributed by atoms with van der Waals surface area (Å²) < 4.78 is 10.4. The highest BCUT2D eigenvalue weighted by molar-refractivity contribution is 5.69. The van der Waals surface area contributed by atoms with Gasteiger partial charge in [0.05, 0.1) is 14.2 Å². The molecule has 0 aliphatic rings.